The van der Waals surface area contributed by atoms with Crippen molar-refractivity contribution in [2.75, 3.05) is 0 Å². The molecule has 0 atom stereocenters. The van der Waals surface area contributed by atoms with Gasteiger partial charge in [-0.15, -0.1) is 0 Å². The maximum atomic E-state index is 12.6. The van der Waals surface area contributed by atoms with Crippen molar-refractivity contribution in [3.05, 3.63) is 98.5 Å². The second-order valence-corrected chi connectivity index (χ2v) is 7.33. The van der Waals surface area contributed by atoms with Gasteiger partial charge < -0.3 is 9.73 Å². The van der Waals surface area contributed by atoms with E-state index in [1.54, 1.807) is 36.4 Å². The molecule has 29 heavy (non-hydrogen) atoms. The molecule has 0 spiro atoms. The molecule has 0 fully saturated rings. The van der Waals surface area contributed by atoms with Crippen molar-refractivity contribution < 1.29 is 14.0 Å². The van der Waals surface area contributed by atoms with E-state index in [4.69, 9.17) is 4.42 Å². The molecule has 8 heteroatoms. The van der Waals surface area contributed by atoms with Gasteiger partial charge >= 0.3 is 0 Å². The van der Waals surface area contributed by atoms with Crippen LogP contribution in [0.25, 0.3) is 6.08 Å². The van der Waals surface area contributed by atoms with Crippen molar-refractivity contribution in [2.45, 2.75) is 0 Å². The van der Waals surface area contributed by atoms with Gasteiger partial charge in [0.1, 0.15) is 11.5 Å². The lowest BCUT2D eigenvalue weighted by Gasteiger charge is -2.09. The molecule has 0 aliphatic rings. The third kappa shape index (κ3) is 6.00. The largest absolute Gasteiger partial charge is 0.447 e. The van der Waals surface area contributed by atoms with Gasteiger partial charge in [0.05, 0.1) is 10.7 Å². The van der Waals surface area contributed by atoms with E-state index in [0.29, 0.717) is 16.0 Å². The van der Waals surface area contributed by atoms with Crippen molar-refractivity contribution in [1.82, 2.24) is 10.7 Å². The van der Waals surface area contributed by atoms with Crippen LogP contribution in [0.1, 0.15) is 21.7 Å². The zero-order chi connectivity index (χ0) is 20.6. The number of carbonyl (C=O) groups excluding carboxylic acids is 2. The van der Waals surface area contributed by atoms with E-state index < -0.39 is 11.8 Å². The second-order valence-electron chi connectivity index (χ2n) is 5.76. The number of carbonyl (C=O) groups is 2. The number of nitrogens with one attached hydrogen (secondary N) is 2. The number of furan rings is 1. The van der Waals surface area contributed by atoms with Crippen LogP contribution in [0.5, 0.6) is 0 Å². The van der Waals surface area contributed by atoms with E-state index in [1.165, 1.54) is 6.21 Å². The van der Waals surface area contributed by atoms with Gasteiger partial charge in [-0.2, -0.15) is 5.10 Å². The minimum atomic E-state index is -0.570. The van der Waals surface area contributed by atoms with Crippen LogP contribution in [0, 0.1) is 0 Å². The van der Waals surface area contributed by atoms with Crippen LogP contribution >= 0.6 is 31.9 Å². The molecule has 2 aromatic carbocycles. The zero-order valence-corrected chi connectivity index (χ0v) is 18.1. The quantitative estimate of drug-likeness (QED) is 0.282. The van der Waals surface area contributed by atoms with Crippen molar-refractivity contribution in [3.8, 4) is 0 Å². The topological polar surface area (TPSA) is 83.7 Å². The minimum absolute atomic E-state index is 0.0593. The minimum Gasteiger partial charge on any atom is -0.447 e. The van der Waals surface area contributed by atoms with Gasteiger partial charge in [0, 0.05) is 11.6 Å². The summed E-state index contributed by atoms with van der Waals surface area (Å²) in [6.45, 7) is 0. The number of benzene rings is 2. The summed E-state index contributed by atoms with van der Waals surface area (Å²) in [6, 6.07) is 19.5. The first kappa shape index (κ1) is 20.8. The molecule has 6 nitrogen and oxygen atoms in total. The summed E-state index contributed by atoms with van der Waals surface area (Å²) in [5, 5.41) is 6.53. The molecule has 0 radical (unpaired) electrons. The summed E-state index contributed by atoms with van der Waals surface area (Å²) in [5.41, 5.74) is 3.65. The van der Waals surface area contributed by atoms with E-state index in [1.807, 2.05) is 36.4 Å². The fourth-order valence-corrected chi connectivity index (χ4v) is 2.91. The van der Waals surface area contributed by atoms with E-state index in [2.05, 4.69) is 47.7 Å². The molecule has 0 aliphatic heterocycles. The number of hydrogen-bond donors (Lipinski definition) is 2. The Morgan fingerprint density at radius 1 is 0.966 bits per heavy atom. The first-order chi connectivity index (χ1) is 14.0. The molecule has 0 unspecified atom stereocenters. The smallest absolute Gasteiger partial charge is 0.287 e. The summed E-state index contributed by atoms with van der Waals surface area (Å²) in [7, 11) is 0. The van der Waals surface area contributed by atoms with E-state index in [0.717, 1.165) is 10.0 Å². The van der Waals surface area contributed by atoms with Crippen LogP contribution in [0.15, 0.2) is 91.1 Å². The van der Waals surface area contributed by atoms with Crippen LogP contribution in [-0.4, -0.2) is 18.0 Å². The Morgan fingerprint density at radius 2 is 1.62 bits per heavy atom. The van der Waals surface area contributed by atoms with Gasteiger partial charge in [0.2, 0.25) is 0 Å². The average molecular weight is 517 g/mol. The van der Waals surface area contributed by atoms with Crippen LogP contribution in [0.3, 0.4) is 0 Å². The number of amides is 2. The number of hydrazone groups is 1. The Bertz CT molecular complexity index is 1040. The van der Waals surface area contributed by atoms with Gasteiger partial charge in [-0.25, -0.2) is 5.43 Å². The molecule has 0 saturated heterocycles. The molecule has 0 saturated carbocycles. The first-order valence-corrected chi connectivity index (χ1v) is 10.0. The van der Waals surface area contributed by atoms with Crippen molar-refractivity contribution >= 4 is 56.0 Å². The lowest BCUT2D eigenvalue weighted by Crippen LogP contribution is -2.32. The Balaban J connectivity index is 1.77. The molecular weight excluding hydrogens is 502 g/mol. The molecule has 1 heterocycles. The number of hydrogen-bond acceptors (Lipinski definition) is 4. The summed E-state index contributed by atoms with van der Waals surface area (Å²) < 4.78 is 6.60. The molecule has 0 bridgehead atoms. The van der Waals surface area contributed by atoms with Crippen molar-refractivity contribution in [2.24, 2.45) is 5.10 Å². The maximum absolute atomic E-state index is 12.6. The van der Waals surface area contributed by atoms with Crippen molar-refractivity contribution in [1.29, 1.82) is 0 Å². The Hall–Kier alpha value is -2.97. The van der Waals surface area contributed by atoms with E-state index >= 15 is 0 Å². The van der Waals surface area contributed by atoms with Gasteiger partial charge in [-0.05, 0) is 55.6 Å². The predicted molar refractivity (Wildman–Crippen MR) is 118 cm³/mol. The monoisotopic (exact) mass is 515 g/mol. The van der Waals surface area contributed by atoms with Crippen LogP contribution in [-0.2, 0) is 4.79 Å². The highest BCUT2D eigenvalue weighted by molar-refractivity contribution is 9.13. The third-order valence-electron chi connectivity index (χ3n) is 3.66. The molecule has 3 aromatic rings. The fourth-order valence-electron chi connectivity index (χ4n) is 2.30. The van der Waals surface area contributed by atoms with E-state index in [9.17, 15) is 9.59 Å². The second kappa shape index (κ2) is 9.99. The Labute approximate surface area is 183 Å². The predicted octanol–water partition coefficient (Wildman–Crippen LogP) is 4.73. The van der Waals surface area contributed by atoms with Crippen LogP contribution in [0.2, 0.25) is 0 Å². The first-order valence-electron chi connectivity index (χ1n) is 8.44. The molecule has 3 rings (SSSR count). The van der Waals surface area contributed by atoms with Gasteiger partial charge in [-0.3, -0.25) is 9.59 Å². The number of nitrogens with zero attached hydrogens (tertiary/aromatic N) is 1. The molecule has 146 valence electrons. The zero-order valence-electron chi connectivity index (χ0n) is 14.9. The summed E-state index contributed by atoms with van der Waals surface area (Å²) in [6.07, 6.45) is 2.93. The van der Waals surface area contributed by atoms with Crippen LogP contribution < -0.4 is 10.7 Å². The van der Waals surface area contributed by atoms with E-state index in [-0.39, 0.29) is 5.70 Å². The van der Waals surface area contributed by atoms with Crippen molar-refractivity contribution in [3.63, 3.8) is 0 Å². The standard InChI is InChI=1S/C21H15Br2N3O3/c22-17-12-16(29-19(17)23)13-24-26-21(28)18(11-14-7-3-1-4-8-14)25-20(27)15-9-5-2-6-10-15/h1-13H,(H,25,27)(H,26,28)/b18-11-,24-13-. The lowest BCUT2D eigenvalue weighted by molar-refractivity contribution is -0.117. The molecular formula is C21H15Br2N3O3. The van der Waals surface area contributed by atoms with Crippen LogP contribution in [0.4, 0.5) is 0 Å². The normalized spacial score (nSPS) is 11.4. The van der Waals surface area contributed by atoms with Gasteiger partial charge in [0.25, 0.3) is 11.8 Å². The SMILES string of the molecule is O=C(N/N=C\c1cc(Br)c(Br)o1)/C(=C/c1ccccc1)NC(=O)c1ccccc1. The highest BCUT2D eigenvalue weighted by Crippen LogP contribution is 2.25. The Morgan fingerprint density at radius 3 is 2.24 bits per heavy atom. The molecule has 2 amide bonds. The molecule has 2 N–H and O–H groups in total. The van der Waals surface area contributed by atoms with Gasteiger partial charge in [0.15, 0.2) is 4.67 Å². The lowest BCUT2D eigenvalue weighted by atomic mass is 10.1. The summed E-state index contributed by atoms with van der Waals surface area (Å²) >= 11 is 6.53. The summed E-state index contributed by atoms with van der Waals surface area (Å²) in [5.74, 6) is -0.532. The number of halogens is 2. The Kier molecular flexibility index (Phi) is 7.15. The fraction of sp³-hybridized carbons (Fsp3) is 0. The number of rotatable bonds is 6. The molecule has 0 aliphatic carbocycles. The van der Waals surface area contributed by atoms with Gasteiger partial charge in [-0.1, -0.05) is 48.5 Å². The average Bonchev–Trinajstić information content (AvgIpc) is 3.06. The molecule has 1 aromatic heterocycles. The summed E-state index contributed by atoms with van der Waals surface area (Å²) in [4.78, 5) is 25.1. The highest BCUT2D eigenvalue weighted by atomic mass is 79.9. The third-order valence-corrected chi connectivity index (χ3v) is 5.37. The maximum Gasteiger partial charge on any atom is 0.287 e. The highest BCUT2D eigenvalue weighted by Gasteiger charge is 2.14.